The molecule has 0 unspecified atom stereocenters. The van der Waals surface area contributed by atoms with Crippen LogP contribution in [0.4, 0.5) is 4.39 Å². The quantitative estimate of drug-likeness (QED) is 0.837. The van der Waals surface area contributed by atoms with Gasteiger partial charge in [-0.05, 0) is 54.0 Å². The molecule has 0 N–H and O–H groups in total. The van der Waals surface area contributed by atoms with E-state index in [2.05, 4.69) is 15.9 Å². The van der Waals surface area contributed by atoms with Gasteiger partial charge in [-0.25, -0.2) is 9.07 Å². The van der Waals surface area contributed by atoms with Gasteiger partial charge in [-0.15, -0.1) is 0 Å². The fraction of sp³-hybridized carbons (Fsp3) is 0.250. The summed E-state index contributed by atoms with van der Waals surface area (Å²) in [4.78, 5) is 12.1. The van der Waals surface area contributed by atoms with Crippen LogP contribution in [0.5, 0.6) is 0 Å². The molecule has 0 saturated heterocycles. The van der Waals surface area contributed by atoms with E-state index in [-0.39, 0.29) is 11.4 Å². The highest BCUT2D eigenvalue weighted by Gasteiger charge is 2.14. The van der Waals surface area contributed by atoms with Crippen LogP contribution in [0.25, 0.3) is 5.69 Å². The summed E-state index contributed by atoms with van der Waals surface area (Å²) in [6, 6.07) is 5.87. The molecule has 90 valence electrons. The second-order valence-corrected chi connectivity index (χ2v) is 4.50. The van der Waals surface area contributed by atoms with Crippen LogP contribution in [0, 0.1) is 12.7 Å². The summed E-state index contributed by atoms with van der Waals surface area (Å²) in [5.74, 6) is -0.313. The zero-order chi connectivity index (χ0) is 12.6. The van der Waals surface area contributed by atoms with Crippen molar-refractivity contribution in [1.29, 1.82) is 0 Å². The minimum atomic E-state index is -0.313. The highest BCUT2D eigenvalue weighted by Crippen LogP contribution is 2.16. The Hall–Kier alpha value is -1.36. The highest BCUT2D eigenvalue weighted by molar-refractivity contribution is 9.10. The molecule has 1 aromatic carbocycles. The van der Waals surface area contributed by atoms with Gasteiger partial charge < -0.3 is 0 Å². The molecule has 0 saturated carbocycles. The molecule has 3 nitrogen and oxygen atoms in total. The number of aromatic nitrogens is 2. The van der Waals surface area contributed by atoms with E-state index < -0.39 is 0 Å². The standard InChI is InChI=1S/C12H12BrFN2O/c1-3-15-8(2)11(13)12(17)16(15)10-6-4-9(14)5-7-10/h4-7H,3H2,1-2H3. The van der Waals surface area contributed by atoms with Crippen LogP contribution >= 0.6 is 15.9 Å². The van der Waals surface area contributed by atoms with Crippen molar-refractivity contribution in [3.63, 3.8) is 0 Å². The van der Waals surface area contributed by atoms with Crippen LogP contribution in [-0.2, 0) is 6.54 Å². The predicted molar refractivity (Wildman–Crippen MR) is 68.1 cm³/mol. The lowest BCUT2D eigenvalue weighted by molar-refractivity contribution is 0.558. The molecule has 0 aliphatic carbocycles. The summed E-state index contributed by atoms with van der Waals surface area (Å²) < 4.78 is 16.8. The van der Waals surface area contributed by atoms with Gasteiger partial charge in [0.15, 0.2) is 0 Å². The number of hydrogen-bond acceptors (Lipinski definition) is 1. The van der Waals surface area contributed by atoms with Gasteiger partial charge in [0, 0.05) is 6.54 Å². The van der Waals surface area contributed by atoms with Crippen molar-refractivity contribution in [3.8, 4) is 5.69 Å². The first-order valence-electron chi connectivity index (χ1n) is 5.30. The van der Waals surface area contributed by atoms with E-state index in [0.29, 0.717) is 16.7 Å². The zero-order valence-electron chi connectivity index (χ0n) is 9.58. The van der Waals surface area contributed by atoms with Crippen LogP contribution in [0.3, 0.4) is 0 Å². The van der Waals surface area contributed by atoms with Gasteiger partial charge in [-0.3, -0.25) is 9.48 Å². The molecular weight excluding hydrogens is 287 g/mol. The van der Waals surface area contributed by atoms with E-state index >= 15 is 0 Å². The van der Waals surface area contributed by atoms with Crippen molar-refractivity contribution in [2.24, 2.45) is 0 Å². The molecule has 0 fully saturated rings. The fourth-order valence-corrected chi connectivity index (χ4v) is 2.21. The van der Waals surface area contributed by atoms with Gasteiger partial charge >= 0.3 is 0 Å². The Bertz CT molecular complexity index is 598. The molecule has 1 aromatic heterocycles. The molecule has 2 aromatic rings. The topological polar surface area (TPSA) is 26.9 Å². The molecule has 5 heteroatoms. The van der Waals surface area contributed by atoms with Crippen LogP contribution in [0.2, 0.25) is 0 Å². The Labute approximate surface area is 107 Å². The second-order valence-electron chi connectivity index (χ2n) is 3.71. The summed E-state index contributed by atoms with van der Waals surface area (Å²) in [6.07, 6.45) is 0. The number of benzene rings is 1. The SMILES string of the molecule is CCn1c(C)c(Br)c(=O)n1-c1ccc(F)cc1. The minimum absolute atomic E-state index is 0.129. The lowest BCUT2D eigenvalue weighted by atomic mass is 10.3. The van der Waals surface area contributed by atoms with Crippen molar-refractivity contribution in [1.82, 2.24) is 9.36 Å². The summed E-state index contributed by atoms with van der Waals surface area (Å²) in [6.45, 7) is 4.50. The number of halogens is 2. The van der Waals surface area contributed by atoms with E-state index in [1.807, 2.05) is 18.5 Å². The number of nitrogens with zero attached hydrogens (tertiary/aromatic N) is 2. The average Bonchev–Trinajstić information content (AvgIpc) is 2.54. The summed E-state index contributed by atoms with van der Waals surface area (Å²) in [7, 11) is 0. The lowest BCUT2D eigenvalue weighted by Gasteiger charge is -2.10. The van der Waals surface area contributed by atoms with Gasteiger partial charge in [0.05, 0.1) is 11.4 Å². The summed E-state index contributed by atoms with van der Waals surface area (Å²) >= 11 is 3.28. The first kappa shape index (κ1) is 12.1. The van der Waals surface area contributed by atoms with Crippen LogP contribution in [-0.4, -0.2) is 9.36 Å². The van der Waals surface area contributed by atoms with Crippen molar-refractivity contribution < 1.29 is 4.39 Å². The van der Waals surface area contributed by atoms with E-state index in [1.54, 1.807) is 16.8 Å². The minimum Gasteiger partial charge on any atom is -0.281 e. The molecule has 0 atom stereocenters. The fourth-order valence-electron chi connectivity index (χ4n) is 1.84. The van der Waals surface area contributed by atoms with Crippen molar-refractivity contribution in [2.45, 2.75) is 20.4 Å². The van der Waals surface area contributed by atoms with Crippen LogP contribution < -0.4 is 5.56 Å². The van der Waals surface area contributed by atoms with E-state index in [9.17, 15) is 9.18 Å². The third-order valence-electron chi connectivity index (χ3n) is 2.70. The molecule has 0 amide bonds. The molecule has 17 heavy (non-hydrogen) atoms. The molecule has 0 aliphatic heterocycles. The van der Waals surface area contributed by atoms with Gasteiger partial charge in [0.1, 0.15) is 10.3 Å². The zero-order valence-corrected chi connectivity index (χ0v) is 11.2. The molecule has 0 aliphatic rings. The molecule has 0 spiro atoms. The first-order chi connectivity index (χ1) is 8.06. The Morgan fingerprint density at radius 2 is 1.88 bits per heavy atom. The number of rotatable bonds is 2. The Balaban J connectivity index is 2.71. The smallest absolute Gasteiger partial charge is 0.281 e. The molecule has 0 bridgehead atoms. The maximum atomic E-state index is 12.9. The van der Waals surface area contributed by atoms with Crippen LogP contribution in [0.15, 0.2) is 33.5 Å². The Kier molecular flexibility index (Phi) is 3.19. The summed E-state index contributed by atoms with van der Waals surface area (Å²) in [5.41, 5.74) is 1.39. The molecule has 1 heterocycles. The average molecular weight is 299 g/mol. The maximum Gasteiger partial charge on any atom is 0.285 e. The normalized spacial score (nSPS) is 10.8. The largest absolute Gasteiger partial charge is 0.285 e. The van der Waals surface area contributed by atoms with E-state index in [1.165, 1.54) is 12.1 Å². The lowest BCUT2D eigenvalue weighted by Crippen LogP contribution is -2.21. The summed E-state index contributed by atoms with van der Waals surface area (Å²) in [5, 5.41) is 0. The molecular formula is C12H12BrFN2O. The van der Waals surface area contributed by atoms with E-state index in [4.69, 9.17) is 0 Å². The Morgan fingerprint density at radius 1 is 1.29 bits per heavy atom. The van der Waals surface area contributed by atoms with Gasteiger partial charge in [0.2, 0.25) is 0 Å². The number of hydrogen-bond donors (Lipinski definition) is 0. The maximum absolute atomic E-state index is 12.9. The third-order valence-corrected chi connectivity index (χ3v) is 3.61. The van der Waals surface area contributed by atoms with Crippen molar-refractivity contribution >= 4 is 15.9 Å². The predicted octanol–water partition coefficient (Wildman–Crippen LogP) is 2.87. The molecule has 0 radical (unpaired) electrons. The first-order valence-corrected chi connectivity index (χ1v) is 6.09. The van der Waals surface area contributed by atoms with Gasteiger partial charge in [-0.1, -0.05) is 0 Å². The van der Waals surface area contributed by atoms with Crippen molar-refractivity contribution in [3.05, 3.63) is 50.6 Å². The monoisotopic (exact) mass is 298 g/mol. The highest BCUT2D eigenvalue weighted by atomic mass is 79.9. The van der Waals surface area contributed by atoms with Crippen molar-refractivity contribution in [2.75, 3.05) is 0 Å². The van der Waals surface area contributed by atoms with Gasteiger partial charge in [-0.2, -0.15) is 0 Å². The second kappa shape index (κ2) is 4.49. The molecule has 2 rings (SSSR count). The van der Waals surface area contributed by atoms with Gasteiger partial charge in [0.25, 0.3) is 5.56 Å². The van der Waals surface area contributed by atoms with E-state index in [0.717, 1.165) is 5.69 Å². The Morgan fingerprint density at radius 3 is 2.41 bits per heavy atom. The van der Waals surface area contributed by atoms with Crippen LogP contribution in [0.1, 0.15) is 12.6 Å². The third kappa shape index (κ3) is 1.95.